The van der Waals surface area contributed by atoms with Crippen LogP contribution < -0.4 is 10.6 Å². The molecule has 0 amide bonds. The summed E-state index contributed by atoms with van der Waals surface area (Å²) in [4.78, 5) is 17.4. The van der Waals surface area contributed by atoms with Crippen molar-refractivity contribution in [3.63, 3.8) is 0 Å². The number of hydrogen-bond donors (Lipinski definition) is 2. The van der Waals surface area contributed by atoms with Gasteiger partial charge in [-0.15, -0.1) is 11.3 Å². The maximum atomic E-state index is 10.8. The summed E-state index contributed by atoms with van der Waals surface area (Å²) >= 11 is 1.48. The van der Waals surface area contributed by atoms with Crippen LogP contribution in [0.1, 0.15) is 37.9 Å². The van der Waals surface area contributed by atoms with Crippen molar-refractivity contribution in [3.05, 3.63) is 11.1 Å². The second-order valence-corrected chi connectivity index (χ2v) is 5.54. The van der Waals surface area contributed by atoms with Crippen LogP contribution in [0.15, 0.2) is 5.38 Å². The Morgan fingerprint density at radius 3 is 2.94 bits per heavy atom. The lowest BCUT2D eigenvalue weighted by atomic mass is 9.85. The van der Waals surface area contributed by atoms with Crippen molar-refractivity contribution in [3.8, 4) is 0 Å². The average Bonchev–Trinajstić information content (AvgIpc) is 2.76. The summed E-state index contributed by atoms with van der Waals surface area (Å²) in [6.45, 7) is 4.01. The molecule has 0 spiro atoms. The zero-order valence-electron chi connectivity index (χ0n) is 10.5. The molecule has 1 atom stereocenters. The number of hydrogen-bond acceptors (Lipinski definition) is 5. The Hall–Kier alpha value is -1.14. The minimum atomic E-state index is -1.03. The standard InChI is InChI=1S/C12H19N3O2S/c1-2-15(6-8-4-3-5-8)12-14-9(7-18-12)10(13)11(16)17/h7-8,10H,2-6,13H2,1H3,(H,16,17). The minimum absolute atomic E-state index is 0.453. The largest absolute Gasteiger partial charge is 0.480 e. The lowest BCUT2D eigenvalue weighted by molar-refractivity contribution is -0.138. The van der Waals surface area contributed by atoms with Gasteiger partial charge in [-0.3, -0.25) is 4.79 Å². The summed E-state index contributed by atoms with van der Waals surface area (Å²) in [6, 6.07) is -1.02. The van der Waals surface area contributed by atoms with Gasteiger partial charge in [-0.1, -0.05) is 6.42 Å². The van der Waals surface area contributed by atoms with E-state index in [1.807, 2.05) is 0 Å². The van der Waals surface area contributed by atoms with Gasteiger partial charge in [0.1, 0.15) is 6.04 Å². The molecule has 1 heterocycles. The third-order valence-corrected chi connectivity index (χ3v) is 4.37. The van der Waals surface area contributed by atoms with Gasteiger partial charge in [0.15, 0.2) is 5.13 Å². The molecule has 1 saturated carbocycles. The highest BCUT2D eigenvalue weighted by molar-refractivity contribution is 7.13. The quantitative estimate of drug-likeness (QED) is 0.824. The smallest absolute Gasteiger partial charge is 0.326 e. The molecule has 100 valence electrons. The molecule has 1 fully saturated rings. The Kier molecular flexibility index (Phi) is 4.19. The van der Waals surface area contributed by atoms with Gasteiger partial charge in [0.05, 0.1) is 5.69 Å². The van der Waals surface area contributed by atoms with Gasteiger partial charge in [0.25, 0.3) is 0 Å². The molecule has 2 rings (SSSR count). The summed E-state index contributed by atoms with van der Waals surface area (Å²) in [7, 11) is 0. The fraction of sp³-hybridized carbons (Fsp3) is 0.667. The van der Waals surface area contributed by atoms with Crippen LogP contribution in [0.2, 0.25) is 0 Å². The molecule has 5 nitrogen and oxygen atoms in total. The van der Waals surface area contributed by atoms with E-state index < -0.39 is 12.0 Å². The van der Waals surface area contributed by atoms with Crippen molar-refractivity contribution in [2.45, 2.75) is 32.2 Å². The number of aromatic nitrogens is 1. The van der Waals surface area contributed by atoms with E-state index in [2.05, 4.69) is 16.8 Å². The summed E-state index contributed by atoms with van der Waals surface area (Å²) in [5.74, 6) is -0.265. The number of carboxylic acid groups (broad SMARTS) is 1. The maximum Gasteiger partial charge on any atom is 0.326 e. The number of aliphatic carboxylic acids is 1. The van der Waals surface area contributed by atoms with Crippen molar-refractivity contribution < 1.29 is 9.90 Å². The molecule has 1 unspecified atom stereocenters. The predicted molar refractivity (Wildman–Crippen MR) is 71.9 cm³/mol. The van der Waals surface area contributed by atoms with Crippen LogP contribution in [0, 0.1) is 5.92 Å². The van der Waals surface area contributed by atoms with E-state index >= 15 is 0 Å². The molecule has 1 aliphatic rings. The molecule has 6 heteroatoms. The molecule has 0 bridgehead atoms. The number of thiazole rings is 1. The van der Waals surface area contributed by atoms with Crippen LogP contribution in [0.25, 0.3) is 0 Å². The molecule has 1 aromatic heterocycles. The third kappa shape index (κ3) is 2.81. The second kappa shape index (κ2) is 5.67. The monoisotopic (exact) mass is 269 g/mol. The first-order valence-corrected chi connectivity index (χ1v) is 7.18. The molecule has 0 radical (unpaired) electrons. The Labute approximate surface area is 111 Å². The number of carbonyl (C=O) groups is 1. The van der Waals surface area contributed by atoms with E-state index in [0.717, 1.165) is 24.1 Å². The Bertz CT molecular complexity index is 417. The predicted octanol–water partition coefficient (Wildman–Crippen LogP) is 1.85. The van der Waals surface area contributed by atoms with Crippen molar-refractivity contribution in [1.82, 2.24) is 4.98 Å². The Balaban J connectivity index is 2.04. The highest BCUT2D eigenvalue weighted by Crippen LogP contribution is 2.30. The fourth-order valence-corrected chi connectivity index (χ4v) is 2.96. The van der Waals surface area contributed by atoms with E-state index in [-0.39, 0.29) is 0 Å². The molecule has 1 aromatic rings. The van der Waals surface area contributed by atoms with Gasteiger partial charge in [0.2, 0.25) is 0 Å². The minimum Gasteiger partial charge on any atom is -0.480 e. The van der Waals surface area contributed by atoms with Gasteiger partial charge in [-0.05, 0) is 25.7 Å². The number of nitrogens with two attached hydrogens (primary N) is 1. The fourth-order valence-electron chi connectivity index (χ4n) is 2.02. The maximum absolute atomic E-state index is 10.8. The third-order valence-electron chi connectivity index (χ3n) is 3.45. The van der Waals surface area contributed by atoms with Crippen LogP contribution in [0.3, 0.4) is 0 Å². The summed E-state index contributed by atoms with van der Waals surface area (Å²) in [5.41, 5.74) is 6.01. The van der Waals surface area contributed by atoms with Gasteiger partial charge < -0.3 is 15.7 Å². The molecular formula is C12H19N3O2S. The first kappa shape index (κ1) is 13.3. The first-order chi connectivity index (χ1) is 8.61. The number of nitrogens with zero attached hydrogens (tertiary/aromatic N) is 2. The lowest BCUT2D eigenvalue weighted by Crippen LogP contribution is -2.32. The van der Waals surface area contributed by atoms with E-state index in [4.69, 9.17) is 10.8 Å². The first-order valence-electron chi connectivity index (χ1n) is 6.30. The Morgan fingerprint density at radius 2 is 2.44 bits per heavy atom. The zero-order chi connectivity index (χ0) is 13.1. The normalized spacial score (nSPS) is 17.2. The summed E-state index contributed by atoms with van der Waals surface area (Å²) < 4.78 is 0. The molecule has 0 aliphatic heterocycles. The van der Waals surface area contributed by atoms with Crippen LogP contribution in [-0.2, 0) is 4.79 Å². The van der Waals surface area contributed by atoms with E-state index in [9.17, 15) is 4.79 Å². The molecule has 1 aliphatic carbocycles. The Morgan fingerprint density at radius 1 is 1.72 bits per heavy atom. The SMILES string of the molecule is CCN(CC1CCC1)c1nc(C(N)C(=O)O)cs1. The number of rotatable bonds is 6. The van der Waals surface area contributed by atoms with E-state index in [0.29, 0.717) is 5.69 Å². The van der Waals surface area contributed by atoms with Crippen molar-refractivity contribution in [1.29, 1.82) is 0 Å². The molecule has 18 heavy (non-hydrogen) atoms. The zero-order valence-corrected chi connectivity index (χ0v) is 11.3. The molecule has 3 N–H and O–H groups in total. The molecule has 0 saturated heterocycles. The number of carboxylic acids is 1. The second-order valence-electron chi connectivity index (χ2n) is 4.71. The van der Waals surface area contributed by atoms with Crippen LogP contribution in [0.5, 0.6) is 0 Å². The van der Waals surface area contributed by atoms with Crippen LogP contribution >= 0.6 is 11.3 Å². The van der Waals surface area contributed by atoms with E-state index in [1.165, 1.54) is 30.6 Å². The van der Waals surface area contributed by atoms with Crippen molar-refractivity contribution in [2.24, 2.45) is 11.7 Å². The van der Waals surface area contributed by atoms with E-state index in [1.54, 1.807) is 5.38 Å². The van der Waals surface area contributed by atoms with Gasteiger partial charge in [0, 0.05) is 18.5 Å². The van der Waals surface area contributed by atoms with Gasteiger partial charge in [-0.25, -0.2) is 4.98 Å². The van der Waals surface area contributed by atoms with Crippen LogP contribution in [-0.4, -0.2) is 29.1 Å². The molecule has 0 aromatic carbocycles. The van der Waals surface area contributed by atoms with Crippen molar-refractivity contribution >= 4 is 22.4 Å². The van der Waals surface area contributed by atoms with Crippen LogP contribution in [0.4, 0.5) is 5.13 Å². The molecular weight excluding hydrogens is 250 g/mol. The van der Waals surface area contributed by atoms with Crippen molar-refractivity contribution in [2.75, 3.05) is 18.0 Å². The number of anilines is 1. The summed E-state index contributed by atoms with van der Waals surface area (Å²) in [6.07, 6.45) is 3.92. The summed E-state index contributed by atoms with van der Waals surface area (Å²) in [5, 5.41) is 11.5. The van der Waals surface area contributed by atoms with Gasteiger partial charge in [-0.2, -0.15) is 0 Å². The van der Waals surface area contributed by atoms with Gasteiger partial charge >= 0.3 is 5.97 Å². The highest BCUT2D eigenvalue weighted by atomic mass is 32.1. The highest BCUT2D eigenvalue weighted by Gasteiger charge is 2.23. The lowest BCUT2D eigenvalue weighted by Gasteiger charge is -2.31. The average molecular weight is 269 g/mol. The topological polar surface area (TPSA) is 79.5 Å².